The number of benzene rings is 1. The smallest absolute Gasteiger partial charge is 0.248 e. The van der Waals surface area contributed by atoms with E-state index in [1.54, 1.807) is 23.9 Å². The number of primary amides is 1. The summed E-state index contributed by atoms with van der Waals surface area (Å²) in [6.45, 7) is 1.80. The monoisotopic (exact) mass is 271 g/mol. The minimum Gasteiger partial charge on any atom is -0.366 e. The van der Waals surface area contributed by atoms with Gasteiger partial charge in [-0.3, -0.25) is 9.79 Å². The molecule has 1 aromatic rings. The van der Waals surface area contributed by atoms with Crippen LogP contribution in [0.15, 0.2) is 29.3 Å². The Morgan fingerprint density at radius 1 is 1.41 bits per heavy atom. The number of rotatable bonds is 3. The van der Waals surface area contributed by atoms with Gasteiger partial charge in [0, 0.05) is 17.9 Å². The molecule has 0 saturated heterocycles. The minimum absolute atomic E-state index is 0. The zero-order valence-corrected chi connectivity index (χ0v) is 10.8. The zero-order valence-electron chi connectivity index (χ0n) is 9.18. The number of halogens is 1. The van der Waals surface area contributed by atoms with Crippen LogP contribution in [-0.2, 0) is 5.75 Å². The molecule has 1 heterocycles. The molecule has 0 radical (unpaired) electrons. The van der Waals surface area contributed by atoms with Gasteiger partial charge in [-0.1, -0.05) is 23.9 Å². The maximum absolute atomic E-state index is 10.9. The molecule has 0 saturated carbocycles. The fraction of sp³-hybridized carbons (Fsp3) is 0.273. The highest BCUT2D eigenvalue weighted by Crippen LogP contribution is 2.14. The van der Waals surface area contributed by atoms with Gasteiger partial charge in [0.25, 0.3) is 0 Å². The summed E-state index contributed by atoms with van der Waals surface area (Å²) in [6, 6.07) is 7.34. The van der Waals surface area contributed by atoms with Crippen molar-refractivity contribution in [3.8, 4) is 0 Å². The maximum atomic E-state index is 10.9. The molecule has 17 heavy (non-hydrogen) atoms. The first-order valence-electron chi connectivity index (χ1n) is 5.05. The average molecular weight is 272 g/mol. The van der Waals surface area contributed by atoms with Crippen molar-refractivity contribution < 1.29 is 4.79 Å². The van der Waals surface area contributed by atoms with E-state index in [9.17, 15) is 4.79 Å². The van der Waals surface area contributed by atoms with Gasteiger partial charge in [0.15, 0.2) is 5.17 Å². The Labute approximate surface area is 110 Å². The summed E-state index contributed by atoms with van der Waals surface area (Å²) in [5.74, 6) is 0.464. The molecule has 0 aliphatic carbocycles. The first-order chi connectivity index (χ1) is 7.75. The fourth-order valence-electron chi connectivity index (χ4n) is 1.39. The Balaban J connectivity index is 0.00000144. The minimum atomic E-state index is -0.388. The molecule has 92 valence electrons. The molecule has 3 N–H and O–H groups in total. The van der Waals surface area contributed by atoms with Gasteiger partial charge in [0.1, 0.15) is 0 Å². The van der Waals surface area contributed by atoms with Gasteiger partial charge in [0.2, 0.25) is 5.91 Å². The lowest BCUT2D eigenvalue weighted by Gasteiger charge is -2.03. The van der Waals surface area contributed by atoms with E-state index in [1.165, 1.54) is 0 Å². The second-order valence-corrected chi connectivity index (χ2v) is 4.43. The molecule has 1 aromatic carbocycles. The van der Waals surface area contributed by atoms with Crippen molar-refractivity contribution in [1.29, 1.82) is 0 Å². The number of aliphatic imine (C=N–C) groups is 1. The molecule has 0 bridgehead atoms. The summed E-state index contributed by atoms with van der Waals surface area (Å²) in [6.07, 6.45) is 0. The van der Waals surface area contributed by atoms with Crippen LogP contribution < -0.4 is 11.1 Å². The van der Waals surface area contributed by atoms with Crippen LogP contribution in [0.1, 0.15) is 15.9 Å². The van der Waals surface area contributed by atoms with Crippen LogP contribution >= 0.6 is 24.2 Å². The second kappa shape index (κ2) is 6.51. The van der Waals surface area contributed by atoms with Crippen molar-refractivity contribution >= 4 is 35.2 Å². The highest BCUT2D eigenvalue weighted by atomic mass is 35.5. The number of thioether (sulfide) groups is 1. The third-order valence-corrected chi connectivity index (χ3v) is 3.28. The lowest BCUT2D eigenvalue weighted by Crippen LogP contribution is -2.15. The van der Waals surface area contributed by atoms with Crippen molar-refractivity contribution in [2.24, 2.45) is 10.7 Å². The van der Waals surface area contributed by atoms with Crippen LogP contribution in [0.3, 0.4) is 0 Å². The second-order valence-electron chi connectivity index (χ2n) is 3.46. The molecule has 0 unspecified atom stereocenters. The van der Waals surface area contributed by atoms with Crippen LogP contribution in [0.2, 0.25) is 0 Å². The van der Waals surface area contributed by atoms with E-state index < -0.39 is 0 Å². The van der Waals surface area contributed by atoms with Gasteiger partial charge in [0.05, 0.1) is 6.54 Å². The van der Waals surface area contributed by atoms with Crippen LogP contribution in [0.4, 0.5) is 0 Å². The zero-order chi connectivity index (χ0) is 11.4. The normalized spacial score (nSPS) is 13.5. The number of amidine groups is 1. The fourth-order valence-corrected chi connectivity index (χ4v) is 2.27. The maximum Gasteiger partial charge on any atom is 0.248 e. The summed E-state index contributed by atoms with van der Waals surface area (Å²) in [4.78, 5) is 15.2. The number of hydrogen-bond acceptors (Lipinski definition) is 4. The lowest BCUT2D eigenvalue weighted by molar-refractivity contribution is 0.100. The topological polar surface area (TPSA) is 67.5 Å². The molecule has 0 fully saturated rings. The Morgan fingerprint density at radius 2 is 2.12 bits per heavy atom. The first kappa shape index (κ1) is 13.9. The van der Waals surface area contributed by atoms with Gasteiger partial charge in [-0.05, 0) is 17.7 Å². The highest BCUT2D eigenvalue weighted by Gasteiger charge is 2.06. The molecule has 2 rings (SSSR count). The third-order valence-electron chi connectivity index (χ3n) is 2.26. The Bertz CT molecular complexity index is 419. The predicted octanol–water partition coefficient (Wildman–Crippen LogP) is 1.40. The van der Waals surface area contributed by atoms with E-state index in [-0.39, 0.29) is 18.3 Å². The van der Waals surface area contributed by atoms with E-state index >= 15 is 0 Å². The summed E-state index contributed by atoms with van der Waals surface area (Å²) in [5.41, 5.74) is 6.87. The molecule has 0 aromatic heterocycles. The molecule has 6 heteroatoms. The molecule has 0 spiro atoms. The number of carbonyl (C=O) groups is 1. The summed E-state index contributed by atoms with van der Waals surface area (Å²) < 4.78 is 0. The molecular formula is C11H14ClN3OS. The van der Waals surface area contributed by atoms with Crippen LogP contribution in [0, 0.1) is 0 Å². The molecule has 1 amide bonds. The van der Waals surface area contributed by atoms with Crippen molar-refractivity contribution in [3.63, 3.8) is 0 Å². The van der Waals surface area contributed by atoms with Crippen molar-refractivity contribution in [2.75, 3.05) is 13.1 Å². The highest BCUT2D eigenvalue weighted by molar-refractivity contribution is 8.13. The molecule has 1 aliphatic heterocycles. The Morgan fingerprint density at radius 3 is 2.65 bits per heavy atom. The van der Waals surface area contributed by atoms with Crippen LogP contribution in [0.5, 0.6) is 0 Å². The van der Waals surface area contributed by atoms with E-state index in [1.807, 2.05) is 12.1 Å². The van der Waals surface area contributed by atoms with Crippen LogP contribution in [0.25, 0.3) is 0 Å². The largest absolute Gasteiger partial charge is 0.366 e. The third kappa shape index (κ3) is 3.94. The number of nitrogens with one attached hydrogen (secondary N) is 1. The molecular weight excluding hydrogens is 258 g/mol. The first-order valence-corrected chi connectivity index (χ1v) is 6.04. The molecule has 4 nitrogen and oxygen atoms in total. The van der Waals surface area contributed by atoms with Gasteiger partial charge in [-0.15, -0.1) is 12.4 Å². The van der Waals surface area contributed by atoms with Gasteiger partial charge >= 0.3 is 0 Å². The Hall–Kier alpha value is -1.20. The van der Waals surface area contributed by atoms with E-state index in [0.717, 1.165) is 29.6 Å². The van der Waals surface area contributed by atoms with Crippen molar-refractivity contribution in [1.82, 2.24) is 5.32 Å². The predicted molar refractivity (Wildman–Crippen MR) is 73.8 cm³/mol. The number of amides is 1. The SMILES string of the molecule is Cl.NC(=O)c1ccc(CSC2=NCCN2)cc1. The molecule has 1 aliphatic rings. The van der Waals surface area contributed by atoms with Gasteiger partial charge < -0.3 is 11.1 Å². The number of hydrogen-bond donors (Lipinski definition) is 2. The number of nitrogens with two attached hydrogens (primary N) is 1. The number of nitrogens with zero attached hydrogens (tertiary/aromatic N) is 1. The lowest BCUT2D eigenvalue weighted by atomic mass is 10.1. The van der Waals surface area contributed by atoms with Crippen molar-refractivity contribution in [2.45, 2.75) is 5.75 Å². The Kier molecular flexibility index (Phi) is 5.31. The summed E-state index contributed by atoms with van der Waals surface area (Å²) >= 11 is 1.67. The van der Waals surface area contributed by atoms with Crippen LogP contribution in [-0.4, -0.2) is 24.2 Å². The average Bonchev–Trinajstić information content (AvgIpc) is 2.80. The summed E-state index contributed by atoms with van der Waals surface area (Å²) in [5, 5.41) is 4.19. The standard InChI is InChI=1S/C11H13N3OS.ClH/c12-10(15)9-3-1-8(2-4-9)7-16-11-13-5-6-14-11;/h1-4H,5-7H2,(H2,12,15)(H,13,14);1H. The van der Waals surface area contributed by atoms with Crippen molar-refractivity contribution in [3.05, 3.63) is 35.4 Å². The van der Waals surface area contributed by atoms with E-state index in [4.69, 9.17) is 5.73 Å². The quantitative estimate of drug-likeness (QED) is 0.873. The molecule has 0 atom stereocenters. The number of carbonyl (C=O) groups excluding carboxylic acids is 1. The van der Waals surface area contributed by atoms with E-state index in [2.05, 4.69) is 10.3 Å². The summed E-state index contributed by atoms with van der Waals surface area (Å²) in [7, 11) is 0. The van der Waals surface area contributed by atoms with Gasteiger partial charge in [-0.2, -0.15) is 0 Å². The van der Waals surface area contributed by atoms with E-state index in [0.29, 0.717) is 5.56 Å². The van der Waals surface area contributed by atoms with Gasteiger partial charge in [-0.25, -0.2) is 0 Å².